The molecular formula is C14H17BrClNO2. The van der Waals surface area contributed by atoms with Crippen LogP contribution in [0.1, 0.15) is 25.3 Å². The Bertz CT molecular complexity index is 493. The molecule has 0 bridgehead atoms. The molecule has 0 saturated carbocycles. The summed E-state index contributed by atoms with van der Waals surface area (Å²) in [7, 11) is 0. The molecule has 1 fully saturated rings. The number of amides is 1. The van der Waals surface area contributed by atoms with Crippen molar-refractivity contribution >= 4 is 39.1 Å². The Balaban J connectivity index is 2.13. The highest BCUT2D eigenvalue weighted by molar-refractivity contribution is 9.10. The summed E-state index contributed by atoms with van der Waals surface area (Å²) in [6.45, 7) is 4.62. The maximum atomic E-state index is 12.3. The first kappa shape index (κ1) is 14.8. The van der Waals surface area contributed by atoms with Crippen molar-refractivity contribution in [1.82, 2.24) is 0 Å². The van der Waals surface area contributed by atoms with E-state index in [1.165, 1.54) is 0 Å². The van der Waals surface area contributed by atoms with Gasteiger partial charge in [0.2, 0.25) is 5.91 Å². The van der Waals surface area contributed by atoms with Gasteiger partial charge in [0.1, 0.15) is 0 Å². The molecule has 2 rings (SSSR count). The summed E-state index contributed by atoms with van der Waals surface area (Å²) in [6, 6.07) is 3.68. The number of benzene rings is 1. The van der Waals surface area contributed by atoms with Gasteiger partial charge in [0.05, 0.1) is 17.7 Å². The Morgan fingerprint density at radius 3 is 3.00 bits per heavy atom. The molecule has 0 radical (unpaired) electrons. The van der Waals surface area contributed by atoms with Crippen LogP contribution in [0.3, 0.4) is 0 Å². The second-order valence-electron chi connectivity index (χ2n) is 4.78. The second kappa shape index (κ2) is 6.25. The van der Waals surface area contributed by atoms with E-state index in [0.29, 0.717) is 17.3 Å². The van der Waals surface area contributed by atoms with E-state index in [1.807, 2.05) is 19.9 Å². The Morgan fingerprint density at radius 2 is 2.32 bits per heavy atom. The molecule has 0 spiro atoms. The fourth-order valence-electron chi connectivity index (χ4n) is 2.32. The minimum Gasteiger partial charge on any atom is -0.377 e. The molecule has 2 atom stereocenters. The zero-order valence-electron chi connectivity index (χ0n) is 11.0. The molecule has 19 heavy (non-hydrogen) atoms. The molecule has 0 aromatic heterocycles. The number of carbonyl (C=O) groups excluding carboxylic acids is 1. The van der Waals surface area contributed by atoms with Gasteiger partial charge in [0.15, 0.2) is 0 Å². The third kappa shape index (κ3) is 3.30. The quantitative estimate of drug-likeness (QED) is 0.892. The summed E-state index contributed by atoms with van der Waals surface area (Å²) >= 11 is 9.53. The van der Waals surface area contributed by atoms with Crippen LogP contribution in [0.15, 0.2) is 16.6 Å². The number of anilines is 1. The molecule has 2 unspecified atom stereocenters. The van der Waals surface area contributed by atoms with E-state index in [4.69, 9.17) is 16.3 Å². The number of ether oxygens (including phenoxy) is 1. The summed E-state index contributed by atoms with van der Waals surface area (Å²) < 4.78 is 6.39. The van der Waals surface area contributed by atoms with E-state index in [1.54, 1.807) is 6.07 Å². The number of halogens is 2. The average Bonchev–Trinajstić information content (AvgIpc) is 2.84. The second-order valence-corrected chi connectivity index (χ2v) is 6.04. The molecule has 0 aliphatic carbocycles. The van der Waals surface area contributed by atoms with Crippen molar-refractivity contribution in [3.63, 3.8) is 0 Å². The van der Waals surface area contributed by atoms with Crippen LogP contribution in [0.4, 0.5) is 5.69 Å². The van der Waals surface area contributed by atoms with E-state index in [2.05, 4.69) is 21.2 Å². The summed E-state index contributed by atoms with van der Waals surface area (Å²) in [6.07, 6.45) is 1.66. The van der Waals surface area contributed by atoms with Gasteiger partial charge in [-0.3, -0.25) is 4.79 Å². The molecule has 1 aliphatic heterocycles. The molecule has 104 valence electrons. The topological polar surface area (TPSA) is 38.3 Å². The minimum atomic E-state index is -0.0722. The van der Waals surface area contributed by atoms with Crippen molar-refractivity contribution < 1.29 is 9.53 Å². The summed E-state index contributed by atoms with van der Waals surface area (Å²) in [5.41, 5.74) is 1.68. The lowest BCUT2D eigenvalue weighted by atomic mass is 9.98. The summed E-state index contributed by atoms with van der Waals surface area (Å²) in [4.78, 5) is 12.3. The van der Waals surface area contributed by atoms with Gasteiger partial charge in [0, 0.05) is 16.1 Å². The molecule has 1 saturated heterocycles. The van der Waals surface area contributed by atoms with Gasteiger partial charge >= 0.3 is 0 Å². The molecular weight excluding hydrogens is 330 g/mol. The van der Waals surface area contributed by atoms with Gasteiger partial charge in [-0.25, -0.2) is 0 Å². The normalized spacial score (nSPS) is 22.5. The average molecular weight is 347 g/mol. The van der Waals surface area contributed by atoms with E-state index in [0.717, 1.165) is 22.9 Å². The van der Waals surface area contributed by atoms with Crippen LogP contribution >= 0.6 is 27.5 Å². The smallest absolute Gasteiger partial charge is 0.230 e. The number of nitrogens with one attached hydrogen (secondary N) is 1. The van der Waals surface area contributed by atoms with Crippen molar-refractivity contribution in [1.29, 1.82) is 0 Å². The zero-order chi connectivity index (χ0) is 14.0. The molecule has 3 nitrogen and oxygen atoms in total. The van der Waals surface area contributed by atoms with E-state index < -0.39 is 0 Å². The third-order valence-electron chi connectivity index (χ3n) is 3.45. The van der Waals surface area contributed by atoms with Crippen molar-refractivity contribution in [3.8, 4) is 0 Å². The number of hydrogen-bond donors (Lipinski definition) is 1. The lowest BCUT2D eigenvalue weighted by Crippen LogP contribution is -2.29. The summed E-state index contributed by atoms with van der Waals surface area (Å²) in [5.74, 6) is -0.0676. The van der Waals surface area contributed by atoms with Crippen LogP contribution < -0.4 is 5.32 Å². The van der Waals surface area contributed by atoms with Gasteiger partial charge in [-0.1, -0.05) is 18.5 Å². The Kier molecular flexibility index (Phi) is 4.87. The maximum Gasteiger partial charge on any atom is 0.230 e. The standard InChI is InChI=1S/C14H17BrClNO2/c1-3-13-9(4-5-19-13)14(18)17-12-7-11(16)8(2)6-10(12)15/h6-7,9,13H,3-5H2,1-2H3,(H,17,18). The van der Waals surface area contributed by atoms with Crippen LogP contribution in [-0.4, -0.2) is 18.6 Å². The van der Waals surface area contributed by atoms with Gasteiger partial charge < -0.3 is 10.1 Å². The first-order valence-corrected chi connectivity index (χ1v) is 7.58. The van der Waals surface area contributed by atoms with Crippen LogP contribution in [0.25, 0.3) is 0 Å². The fourth-order valence-corrected chi connectivity index (χ4v) is 3.04. The van der Waals surface area contributed by atoms with Crippen LogP contribution in [0.2, 0.25) is 5.02 Å². The minimum absolute atomic E-state index is 0.00460. The third-order valence-corrected chi connectivity index (χ3v) is 4.52. The maximum absolute atomic E-state index is 12.3. The van der Waals surface area contributed by atoms with E-state index >= 15 is 0 Å². The zero-order valence-corrected chi connectivity index (χ0v) is 13.3. The van der Waals surface area contributed by atoms with Crippen molar-refractivity contribution in [2.75, 3.05) is 11.9 Å². The van der Waals surface area contributed by atoms with Gasteiger partial charge in [-0.05, 0) is 53.4 Å². The number of hydrogen-bond acceptors (Lipinski definition) is 2. The van der Waals surface area contributed by atoms with Crippen molar-refractivity contribution in [2.24, 2.45) is 5.92 Å². The van der Waals surface area contributed by atoms with Crippen molar-refractivity contribution in [2.45, 2.75) is 32.8 Å². The first-order valence-electron chi connectivity index (χ1n) is 6.41. The molecule has 1 N–H and O–H groups in total. The van der Waals surface area contributed by atoms with E-state index in [-0.39, 0.29) is 17.9 Å². The molecule has 1 aromatic rings. The van der Waals surface area contributed by atoms with Gasteiger partial charge in [-0.15, -0.1) is 0 Å². The Labute approximate surface area is 126 Å². The highest BCUT2D eigenvalue weighted by Crippen LogP contribution is 2.31. The number of carbonyl (C=O) groups is 1. The number of rotatable bonds is 3. The van der Waals surface area contributed by atoms with Crippen molar-refractivity contribution in [3.05, 3.63) is 27.2 Å². The fraction of sp³-hybridized carbons (Fsp3) is 0.500. The predicted octanol–water partition coefficient (Wildman–Crippen LogP) is 4.16. The molecule has 1 aliphatic rings. The highest BCUT2D eigenvalue weighted by Gasteiger charge is 2.32. The Morgan fingerprint density at radius 1 is 1.58 bits per heavy atom. The summed E-state index contributed by atoms with van der Waals surface area (Å²) in [5, 5.41) is 3.58. The van der Waals surface area contributed by atoms with Gasteiger partial charge in [0.25, 0.3) is 0 Å². The van der Waals surface area contributed by atoms with Gasteiger partial charge in [-0.2, -0.15) is 0 Å². The highest BCUT2D eigenvalue weighted by atomic mass is 79.9. The number of aryl methyl sites for hydroxylation is 1. The Hall–Kier alpha value is -0.580. The monoisotopic (exact) mass is 345 g/mol. The molecule has 1 aromatic carbocycles. The molecule has 1 amide bonds. The predicted molar refractivity (Wildman–Crippen MR) is 80.7 cm³/mol. The lowest BCUT2D eigenvalue weighted by molar-refractivity contribution is -0.121. The lowest BCUT2D eigenvalue weighted by Gasteiger charge is -2.17. The largest absolute Gasteiger partial charge is 0.377 e. The van der Waals surface area contributed by atoms with E-state index in [9.17, 15) is 4.79 Å². The van der Waals surface area contributed by atoms with Crippen LogP contribution in [0.5, 0.6) is 0 Å². The van der Waals surface area contributed by atoms with Crippen LogP contribution in [0, 0.1) is 12.8 Å². The molecule has 1 heterocycles. The first-order chi connectivity index (χ1) is 9.02. The van der Waals surface area contributed by atoms with Crippen LogP contribution in [-0.2, 0) is 9.53 Å². The SMILES string of the molecule is CCC1OCCC1C(=O)Nc1cc(Cl)c(C)cc1Br. The molecule has 5 heteroatoms.